The highest BCUT2D eigenvalue weighted by Gasteiger charge is 2.12. The van der Waals surface area contributed by atoms with Crippen LogP contribution in [0.3, 0.4) is 0 Å². The van der Waals surface area contributed by atoms with Gasteiger partial charge in [0.05, 0.1) is 5.69 Å². The number of amidine groups is 1. The molecule has 0 aliphatic carbocycles. The van der Waals surface area contributed by atoms with Gasteiger partial charge in [-0.1, -0.05) is 30.0 Å². The van der Waals surface area contributed by atoms with Crippen molar-refractivity contribution in [3.05, 3.63) is 29.8 Å². The van der Waals surface area contributed by atoms with Crippen LogP contribution in [-0.2, 0) is 6.42 Å². The van der Waals surface area contributed by atoms with Crippen molar-refractivity contribution in [2.45, 2.75) is 25.7 Å². The number of rotatable bonds is 4. The molecule has 0 saturated carbocycles. The van der Waals surface area contributed by atoms with Crippen LogP contribution in [0.2, 0.25) is 0 Å². The molecule has 0 aromatic heterocycles. The maximum atomic E-state index is 4.76. The lowest BCUT2D eigenvalue weighted by Crippen LogP contribution is -2.23. The standard InChI is InChI=1S/C16H23N3S.2ClH/c1-2-7-15-14(6-1)8-9-17-16(18-15)20-13-5-12-19-10-3-4-11-19;;/h1-2,6-7H,3-5,8-13H2,(H,17,18);2*1H. The van der Waals surface area contributed by atoms with E-state index >= 15 is 0 Å². The second-order valence-electron chi connectivity index (χ2n) is 5.47. The van der Waals surface area contributed by atoms with Gasteiger partial charge in [-0.25, -0.2) is 4.99 Å². The summed E-state index contributed by atoms with van der Waals surface area (Å²) >= 11 is 1.87. The van der Waals surface area contributed by atoms with E-state index in [4.69, 9.17) is 4.99 Å². The molecule has 22 heavy (non-hydrogen) atoms. The van der Waals surface area contributed by atoms with Gasteiger partial charge in [0.15, 0.2) is 5.17 Å². The fourth-order valence-electron chi connectivity index (χ4n) is 2.83. The maximum absolute atomic E-state index is 4.76. The first-order chi connectivity index (χ1) is 9.92. The summed E-state index contributed by atoms with van der Waals surface area (Å²) < 4.78 is 0. The Morgan fingerprint density at radius 3 is 2.73 bits per heavy atom. The zero-order chi connectivity index (χ0) is 13.6. The van der Waals surface area contributed by atoms with E-state index in [1.807, 2.05) is 11.8 Å². The van der Waals surface area contributed by atoms with Gasteiger partial charge >= 0.3 is 0 Å². The summed E-state index contributed by atoms with van der Waals surface area (Å²) in [5.41, 5.74) is 2.49. The molecular formula is C16H25Cl2N3S. The minimum absolute atomic E-state index is 0. The summed E-state index contributed by atoms with van der Waals surface area (Å²) in [5, 5.41) is 4.55. The van der Waals surface area contributed by atoms with Gasteiger partial charge in [-0.3, -0.25) is 0 Å². The van der Waals surface area contributed by atoms with Gasteiger partial charge in [0, 0.05) is 12.3 Å². The largest absolute Gasteiger partial charge is 0.364 e. The average Bonchev–Trinajstić information content (AvgIpc) is 2.89. The summed E-state index contributed by atoms with van der Waals surface area (Å²) in [5.74, 6) is 1.16. The smallest absolute Gasteiger partial charge is 0.161 e. The van der Waals surface area contributed by atoms with E-state index in [-0.39, 0.29) is 24.8 Å². The monoisotopic (exact) mass is 361 g/mol. The molecule has 0 amide bonds. The molecule has 2 aliphatic rings. The zero-order valence-electron chi connectivity index (χ0n) is 12.8. The molecule has 1 N–H and O–H groups in total. The van der Waals surface area contributed by atoms with E-state index < -0.39 is 0 Å². The third kappa shape index (κ3) is 5.65. The topological polar surface area (TPSA) is 27.6 Å². The van der Waals surface area contributed by atoms with Crippen LogP contribution in [0.15, 0.2) is 29.3 Å². The van der Waals surface area contributed by atoms with E-state index in [1.54, 1.807) is 0 Å². The van der Waals surface area contributed by atoms with Crippen molar-refractivity contribution in [3.8, 4) is 0 Å². The van der Waals surface area contributed by atoms with Crippen molar-refractivity contribution >= 4 is 47.4 Å². The van der Waals surface area contributed by atoms with Crippen molar-refractivity contribution < 1.29 is 0 Å². The summed E-state index contributed by atoms with van der Waals surface area (Å²) in [4.78, 5) is 7.34. The fourth-order valence-corrected chi connectivity index (χ4v) is 3.66. The number of hydrogen-bond acceptors (Lipinski definition) is 4. The van der Waals surface area contributed by atoms with Gasteiger partial charge < -0.3 is 10.2 Å². The number of aliphatic imine (C=N–C) groups is 1. The van der Waals surface area contributed by atoms with E-state index in [0.29, 0.717) is 0 Å². The molecule has 3 nitrogen and oxygen atoms in total. The highest BCUT2D eigenvalue weighted by molar-refractivity contribution is 8.13. The lowest BCUT2D eigenvalue weighted by atomic mass is 10.1. The van der Waals surface area contributed by atoms with Gasteiger partial charge in [0.25, 0.3) is 0 Å². The molecule has 6 heteroatoms. The molecule has 1 fully saturated rings. The molecule has 2 aliphatic heterocycles. The molecular weight excluding hydrogens is 337 g/mol. The number of nitrogens with one attached hydrogen (secondary N) is 1. The number of hydrogen-bond donors (Lipinski definition) is 1. The summed E-state index contributed by atoms with van der Waals surface area (Å²) in [6, 6.07) is 8.47. The molecule has 1 saturated heterocycles. The number of halogens is 2. The van der Waals surface area contributed by atoms with Crippen LogP contribution in [-0.4, -0.2) is 42.0 Å². The molecule has 1 aromatic carbocycles. The Balaban J connectivity index is 0.00000121. The molecule has 0 atom stereocenters. The van der Waals surface area contributed by atoms with Crippen molar-refractivity contribution in [2.24, 2.45) is 4.99 Å². The summed E-state index contributed by atoms with van der Waals surface area (Å²) in [6.45, 7) is 4.85. The Morgan fingerprint density at radius 1 is 1.14 bits per heavy atom. The van der Waals surface area contributed by atoms with E-state index in [9.17, 15) is 0 Å². The van der Waals surface area contributed by atoms with Crippen LogP contribution in [0.4, 0.5) is 5.69 Å². The number of thioether (sulfide) groups is 1. The van der Waals surface area contributed by atoms with Crippen LogP contribution in [0.1, 0.15) is 24.8 Å². The molecule has 2 heterocycles. The van der Waals surface area contributed by atoms with E-state index in [2.05, 4.69) is 34.5 Å². The summed E-state index contributed by atoms with van der Waals surface area (Å²) in [7, 11) is 0. The Labute approximate surface area is 150 Å². The van der Waals surface area contributed by atoms with Gasteiger partial charge in [-0.15, -0.1) is 24.8 Å². The number of para-hydroxylation sites is 1. The fraction of sp³-hybridized carbons (Fsp3) is 0.562. The molecule has 124 valence electrons. The lowest BCUT2D eigenvalue weighted by Gasteiger charge is -2.14. The Morgan fingerprint density at radius 2 is 1.91 bits per heavy atom. The lowest BCUT2D eigenvalue weighted by molar-refractivity contribution is 0.341. The van der Waals surface area contributed by atoms with Crippen LogP contribution < -0.4 is 5.32 Å². The first-order valence-electron chi connectivity index (χ1n) is 7.67. The molecule has 0 unspecified atom stereocenters. The van der Waals surface area contributed by atoms with Gasteiger partial charge in [-0.05, 0) is 56.9 Å². The minimum Gasteiger partial charge on any atom is -0.364 e. The molecule has 0 radical (unpaired) electrons. The number of likely N-dealkylation sites (tertiary alicyclic amines) is 1. The van der Waals surface area contributed by atoms with Crippen LogP contribution in [0, 0.1) is 0 Å². The predicted molar refractivity (Wildman–Crippen MR) is 102 cm³/mol. The van der Waals surface area contributed by atoms with Gasteiger partial charge in [0.2, 0.25) is 0 Å². The van der Waals surface area contributed by atoms with Crippen molar-refractivity contribution in [1.29, 1.82) is 0 Å². The first-order valence-corrected chi connectivity index (χ1v) is 8.66. The number of nitrogens with zero attached hydrogens (tertiary/aromatic N) is 2. The minimum atomic E-state index is 0. The Bertz CT molecular complexity index is 476. The normalized spacial score (nSPS) is 17.4. The second-order valence-corrected chi connectivity index (χ2v) is 6.56. The SMILES string of the molecule is Cl.Cl.c1ccc2c(c1)CCNC(SCCCN1CCCC1)=N2. The van der Waals surface area contributed by atoms with Gasteiger partial charge in [0.1, 0.15) is 0 Å². The molecule has 0 bridgehead atoms. The van der Waals surface area contributed by atoms with Crippen LogP contribution in [0.5, 0.6) is 0 Å². The second kappa shape index (κ2) is 10.4. The van der Waals surface area contributed by atoms with Gasteiger partial charge in [-0.2, -0.15) is 0 Å². The van der Waals surface area contributed by atoms with Crippen molar-refractivity contribution in [2.75, 3.05) is 31.9 Å². The van der Waals surface area contributed by atoms with Crippen LogP contribution >= 0.6 is 36.6 Å². The average molecular weight is 362 g/mol. The number of fused-ring (bicyclic) bond motifs is 1. The Hall–Kier alpha value is -0.420. The van der Waals surface area contributed by atoms with Crippen LogP contribution in [0.25, 0.3) is 0 Å². The molecule has 0 spiro atoms. The predicted octanol–water partition coefficient (Wildman–Crippen LogP) is 3.88. The van der Waals surface area contributed by atoms with Crippen molar-refractivity contribution in [3.63, 3.8) is 0 Å². The van der Waals surface area contributed by atoms with E-state index in [1.165, 1.54) is 44.5 Å². The molecule has 1 aromatic rings. The van der Waals surface area contributed by atoms with E-state index in [0.717, 1.165) is 29.6 Å². The maximum Gasteiger partial charge on any atom is 0.161 e. The van der Waals surface area contributed by atoms with Crippen molar-refractivity contribution in [1.82, 2.24) is 10.2 Å². The first kappa shape index (κ1) is 19.6. The summed E-state index contributed by atoms with van der Waals surface area (Å²) in [6.07, 6.45) is 5.10. The number of benzene rings is 1. The quantitative estimate of drug-likeness (QED) is 0.824. The Kier molecular flexibility index (Phi) is 9.25. The third-order valence-corrected chi connectivity index (χ3v) is 4.94. The highest BCUT2D eigenvalue weighted by atomic mass is 35.5. The third-order valence-electron chi connectivity index (χ3n) is 3.94. The highest BCUT2D eigenvalue weighted by Crippen LogP contribution is 2.23. The molecule has 3 rings (SSSR count). The zero-order valence-corrected chi connectivity index (χ0v) is 15.2.